The van der Waals surface area contributed by atoms with E-state index in [0.717, 1.165) is 103 Å². The summed E-state index contributed by atoms with van der Waals surface area (Å²) >= 11 is 7.84. The van der Waals surface area contributed by atoms with Gasteiger partial charge in [0.25, 0.3) is 0 Å². The van der Waals surface area contributed by atoms with Crippen molar-refractivity contribution in [3.8, 4) is 0 Å². The molecular formula is C104H104O8S4. The first-order valence-electron chi connectivity index (χ1n) is 42.2. The van der Waals surface area contributed by atoms with Crippen molar-refractivity contribution in [2.45, 2.75) is 156 Å². The second kappa shape index (κ2) is 40.1. The van der Waals surface area contributed by atoms with Gasteiger partial charge in [0.15, 0.2) is 0 Å². The monoisotopic (exact) mass is 1610 g/mol. The van der Waals surface area contributed by atoms with E-state index in [2.05, 4.69) is 243 Å². The van der Waals surface area contributed by atoms with E-state index in [4.69, 9.17) is 37.9 Å². The molecule has 4 heterocycles. The zero-order valence-electron chi connectivity index (χ0n) is 66.6. The summed E-state index contributed by atoms with van der Waals surface area (Å²) in [5, 5.41) is 10.5. The molecule has 0 aliphatic rings. The molecule has 17 aromatic rings. The van der Waals surface area contributed by atoms with Crippen LogP contribution in [0.4, 0.5) is 0 Å². The van der Waals surface area contributed by atoms with Gasteiger partial charge in [-0.05, 0) is 147 Å². The highest BCUT2D eigenvalue weighted by Gasteiger charge is 2.36. The Labute approximate surface area is 698 Å². The smallest absolute Gasteiger partial charge is 0.0734 e. The number of hydrogen-bond acceptors (Lipinski definition) is 12. The lowest BCUT2D eigenvalue weighted by molar-refractivity contribution is 0.106. The van der Waals surface area contributed by atoms with E-state index in [1.54, 1.807) is 0 Å². The fourth-order valence-electron chi connectivity index (χ4n) is 17.2. The first-order chi connectivity index (χ1) is 57.7. The lowest BCUT2D eigenvalue weighted by atomic mass is 9.87. The van der Waals surface area contributed by atoms with Crippen LogP contribution in [-0.2, 0) is 142 Å². The van der Waals surface area contributed by atoms with Gasteiger partial charge in [-0.15, -0.1) is 45.3 Å². The van der Waals surface area contributed by atoms with Gasteiger partial charge in [-0.1, -0.05) is 243 Å². The predicted molar refractivity (Wildman–Crippen MR) is 487 cm³/mol. The van der Waals surface area contributed by atoms with Crippen LogP contribution in [-0.4, -0.2) is 52.9 Å². The maximum Gasteiger partial charge on any atom is 0.0734 e. The number of aryl methyl sites for hydroxylation is 8. The van der Waals surface area contributed by atoms with Gasteiger partial charge in [0.05, 0.1) is 52.9 Å². The standard InChI is InChI=1S/C104H104O8S4/c1-9-33-73(34-10-1)49-25-57-105-65-81-82(66-106-58-26-50-74-35-11-2-12-36-74)98-90-89-91-93-95-96-94-92(90)100(114-98)85(69-109-61-29-53-77-41-17-5-18-42-77)86(70-110-62-30-54-78-43-19-6-20-44-78)102(94)116-104(96)88(72-112-64-32-56-80-47-23-8-24-48-80)87(71-111-63-31-55-79-45-21-7-22-46-79)103(95)115-101(93)84(68-108-60-28-52-76-39-15-4-16-40-76)83(99(91)113-97(81)89)67-107-59-27-51-75-37-13-3-14-38-75/h1-24,33-48H,25-32,49-72H2. The third-order valence-corrected chi connectivity index (χ3v) is 28.3. The third-order valence-electron chi connectivity index (χ3n) is 23.0. The quantitative estimate of drug-likeness (QED) is 0.0349. The van der Waals surface area contributed by atoms with Gasteiger partial charge < -0.3 is 37.9 Å². The molecule has 0 aliphatic carbocycles. The summed E-state index contributed by atoms with van der Waals surface area (Å²) in [4.78, 5) is 0. The molecule has 0 aliphatic heterocycles. The number of hydrogen-bond donors (Lipinski definition) is 0. The predicted octanol–water partition coefficient (Wildman–Crippen LogP) is 26.7. The second-order valence-electron chi connectivity index (χ2n) is 31.0. The van der Waals surface area contributed by atoms with Crippen LogP contribution in [0.25, 0.3) is 80.7 Å². The summed E-state index contributed by atoms with van der Waals surface area (Å²) in [7, 11) is 0. The minimum atomic E-state index is 0.435. The van der Waals surface area contributed by atoms with Crippen LogP contribution in [0, 0.1) is 0 Å². The van der Waals surface area contributed by atoms with Crippen molar-refractivity contribution in [3.05, 3.63) is 332 Å². The van der Waals surface area contributed by atoms with Gasteiger partial charge in [0.2, 0.25) is 0 Å². The van der Waals surface area contributed by atoms with Gasteiger partial charge in [-0.2, -0.15) is 0 Å². The topological polar surface area (TPSA) is 73.8 Å². The summed E-state index contributed by atoms with van der Waals surface area (Å²) < 4.78 is 68.0. The summed E-state index contributed by atoms with van der Waals surface area (Å²) in [6.45, 7) is 8.40. The van der Waals surface area contributed by atoms with Crippen LogP contribution < -0.4 is 0 Å². The molecule has 0 unspecified atom stereocenters. The Kier molecular flexibility index (Phi) is 27.5. The van der Waals surface area contributed by atoms with E-state index in [0.29, 0.717) is 106 Å². The van der Waals surface area contributed by atoms with Gasteiger partial charge >= 0.3 is 0 Å². The Morgan fingerprint density at radius 2 is 0.259 bits per heavy atom. The highest BCUT2D eigenvalue weighted by atomic mass is 32.1. The van der Waals surface area contributed by atoms with Gasteiger partial charge in [0, 0.05) is 178 Å². The van der Waals surface area contributed by atoms with Crippen LogP contribution in [0.3, 0.4) is 0 Å². The zero-order valence-corrected chi connectivity index (χ0v) is 69.9. The van der Waals surface area contributed by atoms with E-state index in [-0.39, 0.29) is 0 Å². The number of thiophene rings is 4. The maximum absolute atomic E-state index is 7.23. The molecule has 17 rings (SSSR count). The van der Waals surface area contributed by atoms with Crippen molar-refractivity contribution in [3.63, 3.8) is 0 Å². The Balaban J connectivity index is 0.907. The van der Waals surface area contributed by atoms with Gasteiger partial charge in [-0.25, -0.2) is 0 Å². The van der Waals surface area contributed by atoms with Crippen LogP contribution >= 0.6 is 45.3 Å². The van der Waals surface area contributed by atoms with Gasteiger partial charge in [-0.3, -0.25) is 0 Å². The molecule has 0 bridgehead atoms. The van der Waals surface area contributed by atoms with Crippen molar-refractivity contribution in [1.29, 1.82) is 0 Å². The van der Waals surface area contributed by atoms with E-state index in [1.165, 1.54) is 170 Å². The van der Waals surface area contributed by atoms with E-state index < -0.39 is 0 Å². The van der Waals surface area contributed by atoms with Crippen molar-refractivity contribution in [2.24, 2.45) is 0 Å². The highest BCUT2D eigenvalue weighted by Crippen LogP contribution is 2.61. The molecule has 0 fully saturated rings. The number of rotatable bonds is 48. The zero-order chi connectivity index (χ0) is 77.9. The molecule has 13 aromatic carbocycles. The molecule has 8 nitrogen and oxygen atoms in total. The summed E-state index contributed by atoms with van der Waals surface area (Å²) in [6.07, 6.45) is 14.7. The highest BCUT2D eigenvalue weighted by molar-refractivity contribution is 7.31. The molecule has 12 heteroatoms. The minimum absolute atomic E-state index is 0.435. The first-order valence-corrected chi connectivity index (χ1v) is 45.5. The average molecular weight is 1610 g/mol. The normalized spacial score (nSPS) is 12.1. The number of benzene rings is 12. The fraction of sp³-hybridized carbons (Fsp3) is 0.308. The maximum atomic E-state index is 7.23. The Bertz CT molecular complexity index is 4740. The number of ether oxygens (including phenoxy) is 8. The molecule has 116 heavy (non-hydrogen) atoms. The van der Waals surface area contributed by atoms with Crippen molar-refractivity contribution in [1.82, 2.24) is 0 Å². The molecule has 0 N–H and O–H groups in total. The molecule has 592 valence electrons. The third kappa shape index (κ3) is 18.7. The molecule has 0 atom stereocenters. The van der Waals surface area contributed by atoms with Crippen LogP contribution in [0.15, 0.2) is 243 Å². The van der Waals surface area contributed by atoms with E-state index in [1.807, 2.05) is 45.3 Å². The molecule has 4 aromatic heterocycles. The second-order valence-corrected chi connectivity index (χ2v) is 35.1. The molecule has 0 saturated heterocycles. The molecule has 0 saturated carbocycles. The first kappa shape index (κ1) is 79.7. The molecule has 0 radical (unpaired) electrons. The lowest BCUT2D eigenvalue weighted by Crippen LogP contribution is -2.05. The average Bonchev–Trinajstić information content (AvgIpc) is 1.49. The molecular weight excluding hydrogens is 1510 g/mol. The largest absolute Gasteiger partial charge is 0.377 e. The van der Waals surface area contributed by atoms with Crippen molar-refractivity contribution < 1.29 is 37.9 Å². The fourth-order valence-corrected chi connectivity index (χ4v) is 22.9. The van der Waals surface area contributed by atoms with Crippen LogP contribution in [0.1, 0.15) is 140 Å². The van der Waals surface area contributed by atoms with Crippen LogP contribution in [0.2, 0.25) is 0 Å². The molecule has 0 spiro atoms. The Morgan fingerprint density at radius 3 is 0.371 bits per heavy atom. The molecule has 0 amide bonds. The lowest BCUT2D eigenvalue weighted by Gasteiger charge is -2.18. The summed E-state index contributed by atoms with van der Waals surface area (Å²) in [6, 6.07) is 87.0. The van der Waals surface area contributed by atoms with Crippen LogP contribution in [0.5, 0.6) is 0 Å². The van der Waals surface area contributed by atoms with E-state index in [9.17, 15) is 0 Å². The minimum Gasteiger partial charge on any atom is -0.377 e. The Morgan fingerprint density at radius 1 is 0.147 bits per heavy atom. The van der Waals surface area contributed by atoms with E-state index >= 15 is 0 Å². The van der Waals surface area contributed by atoms with Crippen molar-refractivity contribution in [2.75, 3.05) is 52.9 Å². The Hall–Kier alpha value is -8.80. The van der Waals surface area contributed by atoms with Gasteiger partial charge in [0.1, 0.15) is 0 Å². The SMILES string of the molecule is c1ccc(CCCOCc2c(COCCCc3ccccc3)c3sc4c(COCCCc5ccccc5)c(COCCCc5ccccc5)c5sc6c(COCCCc7ccccc7)c(COCCCc7ccccc7)c7sc8c(COCCCc9ccccc9)c(COCCCc9ccccc9)c9sc2c2c9c8c7c6c5c4c32)cc1. The summed E-state index contributed by atoms with van der Waals surface area (Å²) in [5.74, 6) is 0. The van der Waals surface area contributed by atoms with Crippen molar-refractivity contribution >= 4 is 126 Å². The summed E-state index contributed by atoms with van der Waals surface area (Å²) in [5.41, 5.74) is 20.3.